The highest BCUT2D eigenvalue weighted by molar-refractivity contribution is 5.95. The first-order valence-corrected chi connectivity index (χ1v) is 9.81. The van der Waals surface area contributed by atoms with Crippen LogP contribution >= 0.6 is 0 Å². The molecule has 0 aromatic carbocycles. The monoisotopic (exact) mass is 342 g/mol. The Labute approximate surface area is 147 Å². The van der Waals surface area contributed by atoms with E-state index in [-0.39, 0.29) is 11.3 Å². The lowest BCUT2D eigenvalue weighted by Crippen LogP contribution is -2.51. The van der Waals surface area contributed by atoms with E-state index in [9.17, 15) is 9.59 Å². The average molecular weight is 342 g/mol. The molecule has 4 aliphatic rings. The van der Waals surface area contributed by atoms with Gasteiger partial charge in [-0.3, -0.25) is 14.7 Å². The van der Waals surface area contributed by atoms with Crippen LogP contribution in [0.3, 0.4) is 0 Å². The van der Waals surface area contributed by atoms with Crippen molar-refractivity contribution in [3.05, 3.63) is 17.0 Å². The molecule has 1 aromatic rings. The smallest absolute Gasteiger partial charge is 0.274 e. The van der Waals surface area contributed by atoms with E-state index in [0.717, 1.165) is 68.8 Å². The van der Waals surface area contributed by atoms with Gasteiger partial charge in [0.2, 0.25) is 5.91 Å². The van der Waals surface area contributed by atoms with Crippen molar-refractivity contribution >= 4 is 11.8 Å². The van der Waals surface area contributed by atoms with Crippen LogP contribution in [0.5, 0.6) is 0 Å². The van der Waals surface area contributed by atoms with Crippen LogP contribution in [0, 0.1) is 11.3 Å². The summed E-state index contributed by atoms with van der Waals surface area (Å²) in [7, 11) is 0. The molecule has 2 aliphatic carbocycles. The third kappa shape index (κ3) is 2.49. The summed E-state index contributed by atoms with van der Waals surface area (Å²) in [6.45, 7) is 3.09. The second kappa shape index (κ2) is 5.58. The summed E-state index contributed by atoms with van der Waals surface area (Å²) >= 11 is 0. The summed E-state index contributed by atoms with van der Waals surface area (Å²) in [6, 6.07) is 0. The van der Waals surface area contributed by atoms with E-state index in [1.807, 2.05) is 4.90 Å². The second-order valence-electron chi connectivity index (χ2n) is 8.44. The number of hydrogen-bond acceptors (Lipinski definition) is 3. The molecule has 2 aliphatic heterocycles. The van der Waals surface area contributed by atoms with E-state index < -0.39 is 0 Å². The lowest BCUT2D eigenvalue weighted by atomic mass is 9.78. The summed E-state index contributed by atoms with van der Waals surface area (Å²) in [5.41, 5.74) is 2.50. The highest BCUT2D eigenvalue weighted by atomic mass is 16.2. The lowest BCUT2D eigenvalue weighted by molar-refractivity contribution is -0.145. The zero-order valence-corrected chi connectivity index (χ0v) is 14.7. The van der Waals surface area contributed by atoms with Crippen LogP contribution in [0.1, 0.15) is 60.3 Å². The number of hydrogen-bond donors (Lipinski definition) is 1. The van der Waals surface area contributed by atoms with E-state index in [4.69, 9.17) is 0 Å². The van der Waals surface area contributed by atoms with Crippen LogP contribution in [0.2, 0.25) is 0 Å². The Morgan fingerprint density at radius 3 is 2.92 bits per heavy atom. The largest absolute Gasteiger partial charge is 0.342 e. The topological polar surface area (TPSA) is 69.3 Å². The van der Waals surface area contributed by atoms with Crippen molar-refractivity contribution in [2.75, 3.05) is 26.2 Å². The van der Waals surface area contributed by atoms with Crippen LogP contribution < -0.4 is 0 Å². The standard InChI is InChI=1S/C19H26N4O2/c24-17(16-14-3-1-4-15(14)20-21-16)23-10-8-19(12-23)7-2-9-22(18(19)25)11-13-5-6-13/h13H,1-12H2,(H,20,21). The number of piperidine rings is 1. The molecule has 1 saturated carbocycles. The van der Waals surface area contributed by atoms with Gasteiger partial charge in [-0.25, -0.2) is 0 Å². The molecule has 1 spiro atoms. The number of rotatable bonds is 3. The molecule has 2 saturated heterocycles. The number of aromatic nitrogens is 2. The van der Waals surface area contributed by atoms with Crippen LogP contribution in [-0.4, -0.2) is 58.0 Å². The minimum Gasteiger partial charge on any atom is -0.342 e. The number of carbonyl (C=O) groups excluding carboxylic acids is 2. The van der Waals surface area contributed by atoms with Crippen molar-refractivity contribution in [1.29, 1.82) is 0 Å². The number of nitrogens with one attached hydrogen (secondary N) is 1. The molecular weight excluding hydrogens is 316 g/mol. The lowest BCUT2D eigenvalue weighted by Gasteiger charge is -2.39. The summed E-state index contributed by atoms with van der Waals surface area (Å²) in [5.74, 6) is 1.04. The molecule has 0 bridgehead atoms. The molecule has 134 valence electrons. The number of carbonyl (C=O) groups is 2. The third-order valence-electron chi connectivity index (χ3n) is 6.65. The van der Waals surface area contributed by atoms with Gasteiger partial charge in [0, 0.05) is 37.4 Å². The summed E-state index contributed by atoms with van der Waals surface area (Å²) in [5, 5.41) is 7.32. The van der Waals surface area contributed by atoms with Gasteiger partial charge in [-0.1, -0.05) is 0 Å². The zero-order valence-electron chi connectivity index (χ0n) is 14.7. The highest BCUT2D eigenvalue weighted by Crippen LogP contribution is 2.42. The molecular formula is C19H26N4O2. The fraction of sp³-hybridized carbons (Fsp3) is 0.737. The SMILES string of the molecule is O=C(c1n[nH]c2c1CCC2)N1CCC2(CCCN(CC3CC3)C2=O)C1. The predicted molar refractivity (Wildman–Crippen MR) is 92.1 cm³/mol. The number of amides is 2. The Balaban J connectivity index is 1.32. The van der Waals surface area contributed by atoms with E-state index >= 15 is 0 Å². The van der Waals surface area contributed by atoms with Crippen molar-refractivity contribution in [1.82, 2.24) is 20.0 Å². The highest BCUT2D eigenvalue weighted by Gasteiger charge is 2.50. The van der Waals surface area contributed by atoms with E-state index in [0.29, 0.717) is 24.7 Å². The van der Waals surface area contributed by atoms with Gasteiger partial charge in [-0.15, -0.1) is 0 Å². The number of fused-ring (bicyclic) bond motifs is 1. The molecule has 25 heavy (non-hydrogen) atoms. The van der Waals surface area contributed by atoms with E-state index in [2.05, 4.69) is 15.1 Å². The Bertz CT molecular complexity index is 723. The first-order chi connectivity index (χ1) is 12.2. The Morgan fingerprint density at radius 2 is 2.08 bits per heavy atom. The minimum atomic E-state index is -0.331. The van der Waals surface area contributed by atoms with E-state index in [1.54, 1.807) is 0 Å². The molecule has 6 nitrogen and oxygen atoms in total. The quantitative estimate of drug-likeness (QED) is 0.910. The number of nitrogens with zero attached hydrogens (tertiary/aromatic N) is 3. The van der Waals surface area contributed by atoms with Gasteiger partial charge < -0.3 is 9.80 Å². The fourth-order valence-electron chi connectivity index (χ4n) is 5.01. The molecule has 1 N–H and O–H groups in total. The zero-order chi connectivity index (χ0) is 17.0. The summed E-state index contributed by atoms with van der Waals surface area (Å²) in [6.07, 6.45) is 8.38. The van der Waals surface area contributed by atoms with Crippen molar-refractivity contribution in [2.45, 2.75) is 51.4 Å². The Hall–Kier alpha value is -1.85. The van der Waals surface area contributed by atoms with Gasteiger partial charge in [-0.2, -0.15) is 5.10 Å². The predicted octanol–water partition coefficient (Wildman–Crippen LogP) is 1.76. The van der Waals surface area contributed by atoms with Crippen molar-refractivity contribution in [2.24, 2.45) is 11.3 Å². The molecule has 0 radical (unpaired) electrons. The van der Waals surface area contributed by atoms with Gasteiger partial charge in [0.1, 0.15) is 0 Å². The van der Waals surface area contributed by atoms with Crippen LogP contribution in [-0.2, 0) is 17.6 Å². The molecule has 3 fully saturated rings. The van der Waals surface area contributed by atoms with Gasteiger partial charge >= 0.3 is 0 Å². The Morgan fingerprint density at radius 1 is 1.20 bits per heavy atom. The molecule has 1 aromatic heterocycles. The summed E-state index contributed by atoms with van der Waals surface area (Å²) in [4.78, 5) is 30.1. The third-order valence-corrected chi connectivity index (χ3v) is 6.65. The maximum absolute atomic E-state index is 13.1. The van der Waals surface area contributed by atoms with Crippen LogP contribution in [0.4, 0.5) is 0 Å². The van der Waals surface area contributed by atoms with Crippen molar-refractivity contribution < 1.29 is 9.59 Å². The molecule has 2 amide bonds. The first kappa shape index (κ1) is 15.4. The van der Waals surface area contributed by atoms with Crippen LogP contribution in [0.25, 0.3) is 0 Å². The van der Waals surface area contributed by atoms with Crippen molar-refractivity contribution in [3.8, 4) is 0 Å². The summed E-state index contributed by atoms with van der Waals surface area (Å²) < 4.78 is 0. The maximum Gasteiger partial charge on any atom is 0.274 e. The van der Waals surface area contributed by atoms with Gasteiger partial charge in [0.05, 0.1) is 5.41 Å². The fourth-order valence-corrected chi connectivity index (χ4v) is 5.01. The van der Waals surface area contributed by atoms with E-state index in [1.165, 1.54) is 12.8 Å². The number of likely N-dealkylation sites (tertiary alicyclic amines) is 2. The average Bonchev–Trinajstić information content (AvgIpc) is 3.01. The van der Waals surface area contributed by atoms with Gasteiger partial charge in [0.15, 0.2) is 5.69 Å². The van der Waals surface area contributed by atoms with Crippen molar-refractivity contribution in [3.63, 3.8) is 0 Å². The van der Waals surface area contributed by atoms with Gasteiger partial charge in [-0.05, 0) is 57.3 Å². The number of H-pyrrole nitrogens is 1. The second-order valence-corrected chi connectivity index (χ2v) is 8.44. The Kier molecular flexibility index (Phi) is 3.44. The minimum absolute atomic E-state index is 0.0170. The van der Waals surface area contributed by atoms with Gasteiger partial charge in [0.25, 0.3) is 5.91 Å². The number of aryl methyl sites for hydroxylation is 1. The molecule has 6 heteroatoms. The first-order valence-electron chi connectivity index (χ1n) is 9.81. The molecule has 3 heterocycles. The maximum atomic E-state index is 13.1. The molecule has 1 atom stereocenters. The number of aromatic amines is 1. The molecule has 5 rings (SSSR count). The van der Waals surface area contributed by atoms with Crippen LogP contribution in [0.15, 0.2) is 0 Å². The normalized spacial score (nSPS) is 28.9. The molecule has 1 unspecified atom stereocenters.